The number of hydrogen-bond acceptors (Lipinski definition) is 24. The Hall–Kier alpha value is -13.8. The minimum absolute atomic E-state index is 0.00926. The third kappa shape index (κ3) is 20.7. The van der Waals surface area contributed by atoms with Gasteiger partial charge in [0.15, 0.2) is 45.9 Å². The van der Waals surface area contributed by atoms with Crippen molar-refractivity contribution in [3.63, 3.8) is 0 Å². The smallest absolute Gasteiger partial charge is 0.416 e. The summed E-state index contributed by atoms with van der Waals surface area (Å²) >= 11 is 0. The number of pyridine rings is 4. The van der Waals surface area contributed by atoms with Crippen LogP contribution in [-0.2, 0) is 50.9 Å². The number of halogens is 12. The highest BCUT2D eigenvalue weighted by atomic mass is 19.4. The second kappa shape index (κ2) is 33.3. The third-order valence-corrected chi connectivity index (χ3v) is 13.9. The summed E-state index contributed by atoms with van der Waals surface area (Å²) in [5.74, 6) is 1.48. The van der Waals surface area contributed by atoms with Gasteiger partial charge in [-0.05, 0) is 60.7 Å². The molecule has 0 bridgehead atoms. The molecule has 2 aliphatic heterocycles. The molecule has 1 amide bonds. The molecule has 0 radical (unpaired) electrons. The minimum Gasteiger partial charge on any atom is -0.476 e. The van der Waals surface area contributed by atoms with Crippen LogP contribution in [0.3, 0.4) is 0 Å². The molecular weight excluding hydrogens is 1450 g/mol. The van der Waals surface area contributed by atoms with Crippen LogP contribution in [0.25, 0.3) is 22.6 Å². The molecule has 14 rings (SSSR count). The van der Waals surface area contributed by atoms with Crippen LogP contribution in [0.1, 0.15) is 65.5 Å². The number of hydrogen-bond donors (Lipinski definition) is 5. The summed E-state index contributed by atoms with van der Waals surface area (Å²) in [4.78, 5) is 56.8. The van der Waals surface area contributed by atoms with Crippen LogP contribution in [0.2, 0.25) is 0 Å². The third-order valence-electron chi connectivity index (χ3n) is 13.9. The number of aromatic amines is 1. The van der Waals surface area contributed by atoms with Gasteiger partial charge in [0.2, 0.25) is 13.6 Å². The number of nitro groups is 2. The van der Waals surface area contributed by atoms with Gasteiger partial charge in [-0.15, -0.1) is 0 Å². The van der Waals surface area contributed by atoms with E-state index in [4.69, 9.17) is 43.9 Å². The lowest BCUT2D eigenvalue weighted by atomic mass is 10.1. The van der Waals surface area contributed by atoms with E-state index in [1.807, 2.05) is 0 Å². The number of aliphatic hydroxyl groups excluding tert-OH is 1. The van der Waals surface area contributed by atoms with Gasteiger partial charge in [-0.1, -0.05) is 10.3 Å². The molecule has 6 N–H and O–H groups in total. The zero-order valence-corrected chi connectivity index (χ0v) is 53.0. The minimum atomic E-state index is -4.51. The average Bonchev–Trinajstić information content (AvgIpc) is 1.76. The number of carboxylic acids is 1. The van der Waals surface area contributed by atoms with Crippen molar-refractivity contribution in [1.29, 1.82) is 0 Å². The second-order valence-electron chi connectivity index (χ2n) is 21.1. The SMILES string of the molecule is Nc1cnn(Cc2cnccc2C(F)(F)F)c1.O=C(Nc1cnn(Cc2cnccc2C(F)(F)F)c1)c1cc(-c2ccc3c(c2)OCO3)on1.O=C(O)c1cc(-c2ccc3c(c2)OCO3)on1.O=[N+]([O-])c1cn[nH]c1.O=[N+]([O-])c1cnn(Cc2cnccc2C(F)(F)F)c1.OCc1cnccc1C(F)(F)F. The van der Waals surface area contributed by atoms with E-state index in [2.05, 4.69) is 61.1 Å². The quantitative estimate of drug-likeness (QED) is 0.0383. The maximum atomic E-state index is 13.2. The largest absolute Gasteiger partial charge is 0.476 e. The van der Waals surface area contributed by atoms with Crippen LogP contribution in [-0.4, -0.2) is 115 Å². The predicted octanol–water partition coefficient (Wildman–Crippen LogP) is 11.8. The summed E-state index contributed by atoms with van der Waals surface area (Å²) in [6.45, 7) is -0.750. The van der Waals surface area contributed by atoms with Crippen molar-refractivity contribution < 1.29 is 110 Å². The van der Waals surface area contributed by atoms with Crippen molar-refractivity contribution in [2.75, 3.05) is 24.6 Å². The van der Waals surface area contributed by atoms with E-state index in [1.165, 1.54) is 58.7 Å². The fourth-order valence-corrected chi connectivity index (χ4v) is 9.03. The predicted molar refractivity (Wildman–Crippen MR) is 334 cm³/mol. The number of nitrogens with two attached hydrogens (primary N) is 1. The van der Waals surface area contributed by atoms with Crippen LogP contribution in [0.15, 0.2) is 181 Å². The Morgan fingerprint density at radius 1 is 0.519 bits per heavy atom. The number of benzene rings is 2. The zero-order chi connectivity index (χ0) is 76.5. The monoisotopic (exact) mass is 1490 g/mol. The molecule has 0 aliphatic carbocycles. The molecule has 0 fully saturated rings. The van der Waals surface area contributed by atoms with Crippen molar-refractivity contribution in [3.8, 4) is 45.6 Å². The summed E-state index contributed by atoms with van der Waals surface area (Å²) in [5, 5.41) is 64.5. The van der Waals surface area contributed by atoms with E-state index in [9.17, 15) is 82.5 Å². The number of carboxylic acid groups (broad SMARTS) is 1. The van der Waals surface area contributed by atoms with Gasteiger partial charge in [-0.3, -0.25) is 64.1 Å². The lowest BCUT2D eigenvalue weighted by Gasteiger charge is -2.11. The van der Waals surface area contributed by atoms with Crippen LogP contribution in [0, 0.1) is 20.2 Å². The summed E-state index contributed by atoms with van der Waals surface area (Å²) in [6.07, 6.45) is 0.828. The topological polar surface area (TPSA) is 422 Å². The number of rotatable bonds is 14. The van der Waals surface area contributed by atoms with Crippen LogP contribution >= 0.6 is 0 Å². The number of amides is 1. The standard InChI is InChI=1S/C21H14F3N5O4.C11H7NO5.C10H7F3N4O2.C10H9F3N4.C7H6F3NO.C3H3N3O2/c22-21(23,24)15-3-4-25-7-13(15)9-29-10-14(8-26-29)27-20(30)16-6-18(33-28-16)12-1-2-17-19(5-12)32-11-31-17;13-11(14)7-4-9(17-12-7)6-1-2-8-10(3-6)16-5-15-8;11-10(12,13)9-1-2-14-3-7(9)5-16-6-8(4-15-16)17(18)19;11-10(12,13)9-1-2-15-3-7(9)5-17-6-8(14)4-16-17;8-7(9,10)6-1-2-11-3-5(6)4-12;7-6(8)3-1-4-5-2-3/h1-8,10H,9,11H2,(H,27,30);1-4H,5H2,(H,13,14);1-4,6H,5H2;1-4,6H,5,14H2;1-3,12H,4H2;1-2H,(H,4,5). The number of nitrogens with zero attached hydrogens (tertiary/aromatic N) is 15. The number of ether oxygens (including phenoxy) is 4. The van der Waals surface area contributed by atoms with Gasteiger partial charge < -0.3 is 49.3 Å². The van der Waals surface area contributed by atoms with E-state index >= 15 is 0 Å². The average molecular weight is 1500 g/mol. The molecule has 44 heteroatoms. The summed E-state index contributed by atoms with van der Waals surface area (Å²) in [5.41, 5.74) is 3.60. The first-order valence-corrected chi connectivity index (χ1v) is 29.3. The highest BCUT2D eigenvalue weighted by molar-refractivity contribution is 6.03. The number of carbonyl (C=O) groups excluding carboxylic acids is 1. The number of aromatic carboxylic acids is 1. The van der Waals surface area contributed by atoms with Gasteiger partial charge in [0, 0.05) is 107 Å². The van der Waals surface area contributed by atoms with Crippen molar-refractivity contribution >= 4 is 34.6 Å². The Balaban J connectivity index is 0.000000155. The summed E-state index contributed by atoms with van der Waals surface area (Å²) in [7, 11) is 0. The first kappa shape index (κ1) is 76.3. The Morgan fingerprint density at radius 2 is 0.934 bits per heavy atom. The molecule has 12 heterocycles. The first-order chi connectivity index (χ1) is 50.3. The normalized spacial score (nSPS) is 11.9. The van der Waals surface area contributed by atoms with E-state index in [1.54, 1.807) is 36.4 Å². The first-order valence-electron chi connectivity index (χ1n) is 29.3. The summed E-state index contributed by atoms with van der Waals surface area (Å²) < 4.78 is 187. The summed E-state index contributed by atoms with van der Waals surface area (Å²) in [6, 6.07) is 16.7. The van der Waals surface area contributed by atoms with Gasteiger partial charge in [0.1, 0.15) is 18.6 Å². The van der Waals surface area contributed by atoms with Gasteiger partial charge in [-0.2, -0.15) is 73.1 Å². The van der Waals surface area contributed by atoms with E-state index in [0.29, 0.717) is 51.3 Å². The van der Waals surface area contributed by atoms with Crippen LogP contribution in [0.5, 0.6) is 23.0 Å². The molecule has 2 aliphatic rings. The fraction of sp³-hybridized carbons (Fsp3) is 0.161. The molecular formula is C62H46F12N18O14. The molecule has 2 aromatic carbocycles. The fourth-order valence-electron chi connectivity index (χ4n) is 9.03. The van der Waals surface area contributed by atoms with Gasteiger partial charge >= 0.3 is 42.0 Å². The van der Waals surface area contributed by atoms with Gasteiger partial charge in [0.25, 0.3) is 5.91 Å². The molecule has 12 aromatic rings. The number of nitrogens with one attached hydrogen (secondary N) is 2. The lowest BCUT2D eigenvalue weighted by Crippen LogP contribution is -2.13. The molecule has 32 nitrogen and oxygen atoms in total. The number of carbonyl (C=O) groups is 2. The number of nitrogen functional groups attached to an aromatic ring is 1. The number of alkyl halides is 12. The highest BCUT2D eigenvalue weighted by Gasteiger charge is 2.36. The Bertz CT molecular complexity index is 5000. The number of fused-ring (bicyclic) bond motifs is 2. The Kier molecular flexibility index (Phi) is 24.0. The zero-order valence-electron chi connectivity index (χ0n) is 53.0. The molecule has 0 spiro atoms. The molecule has 106 heavy (non-hydrogen) atoms. The Labute approximate surface area is 582 Å². The van der Waals surface area contributed by atoms with Crippen molar-refractivity contribution in [2.45, 2.75) is 50.9 Å². The van der Waals surface area contributed by atoms with Gasteiger partial charge in [-0.25, -0.2) is 4.79 Å². The van der Waals surface area contributed by atoms with Crippen molar-refractivity contribution in [1.82, 2.24) is 69.8 Å². The number of aliphatic hydroxyl groups is 1. The number of anilines is 2. The van der Waals surface area contributed by atoms with Crippen molar-refractivity contribution in [3.05, 3.63) is 248 Å². The second-order valence-corrected chi connectivity index (χ2v) is 21.1. The molecule has 0 saturated heterocycles. The van der Waals surface area contributed by atoms with E-state index in [0.717, 1.165) is 90.9 Å². The van der Waals surface area contributed by atoms with E-state index in [-0.39, 0.29) is 83.9 Å². The molecule has 0 unspecified atom stereocenters. The Morgan fingerprint density at radius 3 is 1.32 bits per heavy atom. The maximum absolute atomic E-state index is 13.2. The lowest BCUT2D eigenvalue weighted by molar-refractivity contribution is -0.385. The van der Waals surface area contributed by atoms with E-state index < -0.39 is 75.3 Å². The van der Waals surface area contributed by atoms with Gasteiger partial charge in [0.05, 0.1) is 88.3 Å². The number of H-pyrrole nitrogens is 1. The molecule has 10 aromatic heterocycles. The maximum Gasteiger partial charge on any atom is 0.416 e. The van der Waals surface area contributed by atoms with Crippen LogP contribution < -0.4 is 30.0 Å². The van der Waals surface area contributed by atoms with Crippen molar-refractivity contribution in [2.24, 2.45) is 0 Å². The molecule has 552 valence electrons. The van der Waals surface area contributed by atoms with Crippen LogP contribution in [0.4, 0.5) is 75.4 Å². The molecule has 0 atom stereocenters. The molecule has 0 saturated carbocycles. The highest BCUT2D eigenvalue weighted by Crippen LogP contribution is 2.39. The number of aromatic nitrogens is 14.